The second kappa shape index (κ2) is 9.97. The Labute approximate surface area is 165 Å². The van der Waals surface area contributed by atoms with Crippen LogP contribution in [0.1, 0.15) is 25.0 Å². The molecule has 2 aromatic rings. The largest absolute Gasteiger partial charge is 0.497 e. The van der Waals surface area contributed by atoms with Crippen molar-refractivity contribution < 1.29 is 14.3 Å². The molecule has 0 aromatic heterocycles. The first-order valence-electron chi connectivity index (χ1n) is 8.89. The minimum absolute atomic E-state index is 0.119. The predicted octanol–water partition coefficient (Wildman–Crippen LogP) is 3.44. The first kappa shape index (κ1) is 20.8. The highest BCUT2D eigenvalue weighted by atomic mass is 35.5. The highest BCUT2D eigenvalue weighted by Gasteiger charge is 2.25. The molecule has 0 radical (unpaired) electrons. The van der Waals surface area contributed by atoms with Crippen LogP contribution in [0.15, 0.2) is 48.5 Å². The Morgan fingerprint density at radius 3 is 2.22 bits per heavy atom. The Kier molecular flexibility index (Phi) is 7.67. The Bertz CT molecular complexity index is 760. The molecule has 6 heteroatoms. The predicted molar refractivity (Wildman–Crippen MR) is 107 cm³/mol. The van der Waals surface area contributed by atoms with Crippen molar-refractivity contribution in [3.63, 3.8) is 0 Å². The van der Waals surface area contributed by atoms with Crippen LogP contribution < -0.4 is 10.1 Å². The molecule has 1 N–H and O–H groups in total. The number of nitrogens with one attached hydrogen (secondary N) is 1. The molecule has 0 bridgehead atoms. The number of amides is 2. The molecule has 0 saturated carbocycles. The van der Waals surface area contributed by atoms with Gasteiger partial charge < -0.3 is 15.0 Å². The van der Waals surface area contributed by atoms with E-state index in [-0.39, 0.29) is 18.2 Å². The molecule has 0 spiro atoms. The van der Waals surface area contributed by atoms with Crippen LogP contribution in [0.4, 0.5) is 0 Å². The Balaban J connectivity index is 2.20. The lowest BCUT2D eigenvalue weighted by Gasteiger charge is -2.29. The molecule has 1 atom stereocenters. The van der Waals surface area contributed by atoms with Crippen molar-refractivity contribution in [2.45, 2.75) is 32.9 Å². The Morgan fingerprint density at radius 2 is 1.67 bits per heavy atom. The quantitative estimate of drug-likeness (QED) is 0.753. The van der Waals surface area contributed by atoms with Crippen molar-refractivity contribution in [1.29, 1.82) is 0 Å². The van der Waals surface area contributed by atoms with Gasteiger partial charge in [-0.15, -0.1) is 0 Å². The van der Waals surface area contributed by atoms with Crippen LogP contribution in [0, 0.1) is 0 Å². The minimum Gasteiger partial charge on any atom is -0.497 e. The summed E-state index contributed by atoms with van der Waals surface area (Å²) in [6.07, 6.45) is 0.205. The van der Waals surface area contributed by atoms with Gasteiger partial charge in [-0.1, -0.05) is 35.9 Å². The van der Waals surface area contributed by atoms with E-state index in [4.69, 9.17) is 16.3 Å². The number of halogens is 1. The summed E-state index contributed by atoms with van der Waals surface area (Å²) in [5.74, 6) is 0.455. The van der Waals surface area contributed by atoms with Crippen molar-refractivity contribution in [2.75, 3.05) is 13.7 Å². The number of ether oxygens (including phenoxy) is 1. The Hall–Kier alpha value is -2.53. The first-order valence-corrected chi connectivity index (χ1v) is 9.27. The van der Waals surface area contributed by atoms with Crippen LogP contribution in [0.25, 0.3) is 0 Å². The van der Waals surface area contributed by atoms with Gasteiger partial charge in [0.2, 0.25) is 11.8 Å². The maximum absolute atomic E-state index is 13.0. The van der Waals surface area contributed by atoms with Crippen molar-refractivity contribution in [3.05, 3.63) is 64.7 Å². The molecule has 0 heterocycles. The molecule has 2 rings (SSSR count). The lowest BCUT2D eigenvalue weighted by molar-refractivity contribution is -0.140. The fraction of sp³-hybridized carbons (Fsp3) is 0.333. The van der Waals surface area contributed by atoms with E-state index < -0.39 is 6.04 Å². The van der Waals surface area contributed by atoms with Crippen LogP contribution in [0.2, 0.25) is 5.02 Å². The van der Waals surface area contributed by atoms with Crippen molar-refractivity contribution in [1.82, 2.24) is 10.2 Å². The van der Waals surface area contributed by atoms with Gasteiger partial charge in [0.1, 0.15) is 11.8 Å². The highest BCUT2D eigenvalue weighted by molar-refractivity contribution is 6.30. The van der Waals surface area contributed by atoms with Gasteiger partial charge in [0.05, 0.1) is 13.5 Å². The molecule has 27 heavy (non-hydrogen) atoms. The van der Waals surface area contributed by atoms with Gasteiger partial charge in [0.25, 0.3) is 0 Å². The lowest BCUT2D eigenvalue weighted by atomic mass is 10.1. The van der Waals surface area contributed by atoms with E-state index in [0.717, 1.165) is 16.9 Å². The zero-order chi connectivity index (χ0) is 19.8. The molecule has 0 aliphatic heterocycles. The molecule has 0 fully saturated rings. The molecule has 2 amide bonds. The number of rotatable bonds is 8. The number of hydrogen-bond acceptors (Lipinski definition) is 3. The fourth-order valence-corrected chi connectivity index (χ4v) is 2.84. The molecular weight excluding hydrogens is 364 g/mol. The average molecular weight is 389 g/mol. The summed E-state index contributed by atoms with van der Waals surface area (Å²) in [7, 11) is 1.61. The maximum atomic E-state index is 13.0. The van der Waals surface area contributed by atoms with Crippen molar-refractivity contribution >= 4 is 23.4 Å². The van der Waals surface area contributed by atoms with Crippen LogP contribution >= 0.6 is 11.6 Å². The van der Waals surface area contributed by atoms with E-state index in [1.54, 1.807) is 31.1 Å². The van der Waals surface area contributed by atoms with E-state index in [0.29, 0.717) is 18.1 Å². The summed E-state index contributed by atoms with van der Waals surface area (Å²) in [6.45, 7) is 4.46. The summed E-state index contributed by atoms with van der Waals surface area (Å²) < 4.78 is 5.17. The first-order chi connectivity index (χ1) is 12.9. The van der Waals surface area contributed by atoms with Crippen LogP contribution in [0.5, 0.6) is 5.75 Å². The van der Waals surface area contributed by atoms with Gasteiger partial charge in [-0.25, -0.2) is 0 Å². The SMILES string of the molecule is CCNC(=O)C(C)N(Cc1ccc(OC)cc1)C(=O)Cc1ccc(Cl)cc1. The van der Waals surface area contributed by atoms with Crippen LogP contribution in [-0.2, 0) is 22.6 Å². The van der Waals surface area contributed by atoms with Gasteiger partial charge in [-0.3, -0.25) is 9.59 Å². The standard InChI is InChI=1S/C21H25ClN2O3/c1-4-23-21(26)15(2)24(14-17-7-11-19(27-3)12-8-17)20(25)13-16-5-9-18(22)10-6-16/h5-12,15H,4,13-14H2,1-3H3,(H,23,26). The third-order valence-corrected chi connectivity index (χ3v) is 4.55. The number of carbonyl (C=O) groups is 2. The zero-order valence-electron chi connectivity index (χ0n) is 15.9. The van der Waals surface area contributed by atoms with E-state index in [2.05, 4.69) is 5.32 Å². The summed E-state index contributed by atoms with van der Waals surface area (Å²) in [4.78, 5) is 26.9. The molecule has 2 aromatic carbocycles. The van der Waals surface area contributed by atoms with Gasteiger partial charge in [0.15, 0.2) is 0 Å². The molecule has 0 aliphatic rings. The molecule has 0 aliphatic carbocycles. The van der Waals surface area contributed by atoms with E-state index in [1.807, 2.05) is 43.3 Å². The number of likely N-dealkylation sites (N-methyl/N-ethyl adjacent to an activating group) is 1. The summed E-state index contributed by atoms with van der Waals surface area (Å²) >= 11 is 5.91. The number of carbonyl (C=O) groups excluding carboxylic acids is 2. The Morgan fingerprint density at radius 1 is 1.07 bits per heavy atom. The van der Waals surface area contributed by atoms with Gasteiger partial charge in [-0.05, 0) is 49.2 Å². The minimum atomic E-state index is -0.577. The van der Waals surface area contributed by atoms with Gasteiger partial charge in [0, 0.05) is 18.1 Å². The fourth-order valence-electron chi connectivity index (χ4n) is 2.71. The molecule has 144 valence electrons. The lowest BCUT2D eigenvalue weighted by Crippen LogP contribution is -2.48. The average Bonchev–Trinajstić information content (AvgIpc) is 2.68. The molecule has 1 unspecified atom stereocenters. The van der Waals surface area contributed by atoms with Crippen LogP contribution in [-0.4, -0.2) is 36.4 Å². The van der Waals surface area contributed by atoms with Gasteiger partial charge in [-0.2, -0.15) is 0 Å². The molecule has 5 nitrogen and oxygen atoms in total. The maximum Gasteiger partial charge on any atom is 0.242 e. The number of hydrogen-bond donors (Lipinski definition) is 1. The molecular formula is C21H25ClN2O3. The zero-order valence-corrected chi connectivity index (χ0v) is 16.6. The summed E-state index contributed by atoms with van der Waals surface area (Å²) in [6, 6.07) is 14.0. The summed E-state index contributed by atoms with van der Waals surface area (Å²) in [5.41, 5.74) is 1.78. The van der Waals surface area contributed by atoms with Gasteiger partial charge >= 0.3 is 0 Å². The highest BCUT2D eigenvalue weighted by Crippen LogP contribution is 2.17. The number of methoxy groups -OCH3 is 1. The van der Waals surface area contributed by atoms with E-state index >= 15 is 0 Å². The second-order valence-corrected chi connectivity index (χ2v) is 6.68. The monoisotopic (exact) mass is 388 g/mol. The third-order valence-electron chi connectivity index (χ3n) is 4.30. The topological polar surface area (TPSA) is 58.6 Å². The van der Waals surface area contributed by atoms with E-state index in [1.165, 1.54) is 0 Å². The number of nitrogens with zero attached hydrogens (tertiary/aromatic N) is 1. The second-order valence-electron chi connectivity index (χ2n) is 6.24. The number of benzene rings is 2. The van der Waals surface area contributed by atoms with Crippen LogP contribution in [0.3, 0.4) is 0 Å². The van der Waals surface area contributed by atoms with Crippen molar-refractivity contribution in [3.8, 4) is 5.75 Å². The normalized spacial score (nSPS) is 11.6. The smallest absolute Gasteiger partial charge is 0.242 e. The summed E-state index contributed by atoms with van der Waals surface area (Å²) in [5, 5.41) is 3.41. The van der Waals surface area contributed by atoms with Crippen molar-refractivity contribution in [2.24, 2.45) is 0 Å². The molecule has 0 saturated heterocycles. The third kappa shape index (κ3) is 6.00. The van der Waals surface area contributed by atoms with E-state index in [9.17, 15) is 9.59 Å².